The highest BCUT2D eigenvalue weighted by Crippen LogP contribution is 2.26. The van der Waals surface area contributed by atoms with Crippen LogP contribution >= 0.6 is 12.2 Å². The Morgan fingerprint density at radius 3 is 2.69 bits per heavy atom. The molecule has 0 aliphatic carbocycles. The van der Waals surface area contributed by atoms with Gasteiger partial charge in [-0.25, -0.2) is 0 Å². The van der Waals surface area contributed by atoms with Gasteiger partial charge in [-0.15, -0.1) is 0 Å². The molecule has 0 aromatic rings. The molecular formula is C11H20N2O2S. The summed E-state index contributed by atoms with van der Waals surface area (Å²) in [4.78, 5) is 2.23. The number of likely N-dealkylation sites (tertiary alicyclic amines) is 1. The molecule has 2 bridgehead atoms. The lowest BCUT2D eigenvalue weighted by Crippen LogP contribution is -2.52. The van der Waals surface area contributed by atoms with Crippen LogP contribution in [0.1, 0.15) is 19.8 Å². The van der Waals surface area contributed by atoms with E-state index in [-0.39, 0.29) is 6.04 Å². The first-order valence-corrected chi connectivity index (χ1v) is 6.29. The third-order valence-corrected chi connectivity index (χ3v) is 3.49. The van der Waals surface area contributed by atoms with Crippen molar-refractivity contribution in [1.82, 2.24) is 10.2 Å². The molecule has 2 aliphatic rings. The summed E-state index contributed by atoms with van der Waals surface area (Å²) in [6, 6.07) is 0.262. The summed E-state index contributed by atoms with van der Waals surface area (Å²) in [5.74, 6) is 0. The van der Waals surface area contributed by atoms with E-state index in [1.807, 2.05) is 0 Å². The fraction of sp³-hybridized carbons (Fsp3) is 0.909. The summed E-state index contributed by atoms with van der Waals surface area (Å²) in [6.45, 7) is 4.62. The number of hydrogen-bond acceptors (Lipinski definition) is 3. The molecule has 1 N–H and O–H groups in total. The Morgan fingerprint density at radius 2 is 2.12 bits per heavy atom. The number of morpholine rings is 1. The Hall–Kier alpha value is -0.390. The van der Waals surface area contributed by atoms with E-state index >= 15 is 0 Å². The van der Waals surface area contributed by atoms with Gasteiger partial charge in [0.05, 0.1) is 18.8 Å². The quantitative estimate of drug-likeness (QED) is 0.741. The zero-order valence-electron chi connectivity index (χ0n) is 9.94. The maximum atomic E-state index is 5.78. The summed E-state index contributed by atoms with van der Waals surface area (Å²) in [6.07, 6.45) is 3.13. The Balaban J connectivity index is 1.81. The van der Waals surface area contributed by atoms with E-state index in [1.165, 1.54) is 12.8 Å². The van der Waals surface area contributed by atoms with Gasteiger partial charge in [0.1, 0.15) is 0 Å². The lowest BCUT2D eigenvalue weighted by molar-refractivity contribution is -0.0162. The van der Waals surface area contributed by atoms with Crippen LogP contribution in [0.3, 0.4) is 0 Å². The molecule has 0 aromatic carbocycles. The molecule has 2 rings (SSSR count). The van der Waals surface area contributed by atoms with Crippen LogP contribution in [0, 0.1) is 0 Å². The first-order chi connectivity index (χ1) is 7.69. The predicted molar refractivity (Wildman–Crippen MR) is 66.5 cm³/mol. The first kappa shape index (κ1) is 12.1. The molecule has 2 heterocycles. The molecule has 16 heavy (non-hydrogen) atoms. The number of fused-ring (bicyclic) bond motifs is 2. The van der Waals surface area contributed by atoms with Crippen LogP contribution in [0.4, 0.5) is 0 Å². The summed E-state index contributed by atoms with van der Waals surface area (Å²) in [7, 11) is 1.70. The van der Waals surface area contributed by atoms with Crippen LogP contribution in [0.25, 0.3) is 0 Å². The normalized spacial score (nSPS) is 30.2. The lowest BCUT2D eigenvalue weighted by Gasteiger charge is -2.35. The van der Waals surface area contributed by atoms with Crippen LogP contribution in [0.5, 0.6) is 0 Å². The fourth-order valence-corrected chi connectivity index (χ4v) is 2.72. The zero-order valence-corrected chi connectivity index (χ0v) is 10.8. The van der Waals surface area contributed by atoms with Crippen LogP contribution in [0.2, 0.25) is 0 Å². The van der Waals surface area contributed by atoms with Crippen molar-refractivity contribution in [3.05, 3.63) is 0 Å². The highest BCUT2D eigenvalue weighted by atomic mass is 32.1. The third kappa shape index (κ3) is 2.84. The number of thiocarbonyl (C=S) groups is 1. The minimum Gasteiger partial charge on any atom is -0.383 e. The average molecular weight is 244 g/mol. The van der Waals surface area contributed by atoms with E-state index in [1.54, 1.807) is 7.11 Å². The third-order valence-electron chi connectivity index (χ3n) is 3.12. The topological polar surface area (TPSA) is 33.7 Å². The first-order valence-electron chi connectivity index (χ1n) is 5.89. The molecule has 92 valence electrons. The van der Waals surface area contributed by atoms with Crippen molar-refractivity contribution in [3.63, 3.8) is 0 Å². The van der Waals surface area contributed by atoms with E-state index in [0.717, 1.165) is 18.2 Å². The summed E-state index contributed by atoms with van der Waals surface area (Å²) < 4.78 is 10.9. The van der Waals surface area contributed by atoms with Crippen molar-refractivity contribution in [2.45, 2.75) is 38.0 Å². The minimum absolute atomic E-state index is 0.262. The highest BCUT2D eigenvalue weighted by molar-refractivity contribution is 7.80. The zero-order chi connectivity index (χ0) is 11.5. The van der Waals surface area contributed by atoms with Crippen molar-refractivity contribution in [3.8, 4) is 0 Å². The van der Waals surface area contributed by atoms with Gasteiger partial charge in [0, 0.05) is 26.2 Å². The molecule has 0 amide bonds. The fourth-order valence-electron chi connectivity index (χ4n) is 2.37. The number of hydrogen-bond donors (Lipinski definition) is 1. The molecule has 2 aliphatic heterocycles. The number of methoxy groups -OCH3 is 1. The molecule has 4 nitrogen and oxygen atoms in total. The molecular weight excluding hydrogens is 224 g/mol. The molecule has 0 saturated carbocycles. The van der Waals surface area contributed by atoms with E-state index in [4.69, 9.17) is 21.7 Å². The van der Waals surface area contributed by atoms with Gasteiger partial charge in [0.15, 0.2) is 5.11 Å². The Bertz CT molecular complexity index is 250. The monoisotopic (exact) mass is 244 g/mol. The van der Waals surface area contributed by atoms with Gasteiger partial charge in [0.25, 0.3) is 0 Å². The number of nitrogens with one attached hydrogen (secondary N) is 1. The van der Waals surface area contributed by atoms with Crippen LogP contribution < -0.4 is 5.32 Å². The van der Waals surface area contributed by atoms with Crippen LogP contribution in [-0.4, -0.2) is 55.1 Å². The summed E-state index contributed by atoms with van der Waals surface area (Å²) in [5.41, 5.74) is 0. The second kappa shape index (κ2) is 5.29. The van der Waals surface area contributed by atoms with E-state index < -0.39 is 0 Å². The molecule has 0 aromatic heterocycles. The van der Waals surface area contributed by atoms with Gasteiger partial charge in [-0.1, -0.05) is 0 Å². The summed E-state index contributed by atoms with van der Waals surface area (Å²) >= 11 is 5.40. The largest absolute Gasteiger partial charge is 0.383 e. The van der Waals surface area contributed by atoms with E-state index in [2.05, 4.69) is 17.1 Å². The predicted octanol–water partition coefficient (Wildman–Crippen LogP) is 0.759. The van der Waals surface area contributed by atoms with Gasteiger partial charge >= 0.3 is 0 Å². The number of nitrogens with zero attached hydrogens (tertiary/aromatic N) is 1. The molecule has 5 heteroatoms. The van der Waals surface area contributed by atoms with Crippen molar-refractivity contribution in [2.24, 2.45) is 0 Å². The lowest BCUT2D eigenvalue weighted by atomic mass is 10.2. The molecule has 3 atom stereocenters. The molecule has 2 fully saturated rings. The van der Waals surface area contributed by atoms with E-state index in [0.29, 0.717) is 18.8 Å². The van der Waals surface area contributed by atoms with Gasteiger partial charge in [0.2, 0.25) is 0 Å². The Kier molecular flexibility index (Phi) is 4.00. The second-order valence-corrected chi connectivity index (χ2v) is 5.06. The smallest absolute Gasteiger partial charge is 0.169 e. The Morgan fingerprint density at radius 1 is 1.50 bits per heavy atom. The van der Waals surface area contributed by atoms with Crippen molar-refractivity contribution in [2.75, 3.05) is 26.8 Å². The van der Waals surface area contributed by atoms with Crippen LogP contribution in [0.15, 0.2) is 0 Å². The standard InChI is InChI=1S/C11H20N2O2S/c1-8(7-14-2)12-11(16)13-5-9-3-4-10(6-13)15-9/h8-10H,3-7H2,1-2H3,(H,12,16). The number of ether oxygens (including phenoxy) is 2. The van der Waals surface area contributed by atoms with Crippen molar-refractivity contribution < 1.29 is 9.47 Å². The molecule has 0 radical (unpaired) electrons. The molecule has 0 spiro atoms. The maximum absolute atomic E-state index is 5.78. The van der Waals surface area contributed by atoms with Gasteiger partial charge < -0.3 is 19.7 Å². The van der Waals surface area contributed by atoms with Gasteiger partial charge in [-0.3, -0.25) is 0 Å². The second-order valence-electron chi connectivity index (χ2n) is 4.67. The highest BCUT2D eigenvalue weighted by Gasteiger charge is 2.34. The average Bonchev–Trinajstić information content (AvgIpc) is 2.58. The summed E-state index contributed by atoms with van der Waals surface area (Å²) in [5, 5.41) is 4.13. The van der Waals surface area contributed by atoms with Gasteiger partial charge in [-0.2, -0.15) is 0 Å². The number of rotatable bonds is 3. The maximum Gasteiger partial charge on any atom is 0.169 e. The van der Waals surface area contributed by atoms with Crippen molar-refractivity contribution >= 4 is 17.3 Å². The van der Waals surface area contributed by atoms with Gasteiger partial charge in [-0.05, 0) is 32.0 Å². The minimum atomic E-state index is 0.262. The van der Waals surface area contributed by atoms with E-state index in [9.17, 15) is 0 Å². The Labute approximate surface area is 102 Å². The van der Waals surface area contributed by atoms with Crippen LogP contribution in [-0.2, 0) is 9.47 Å². The molecule has 2 saturated heterocycles. The SMILES string of the molecule is COCC(C)NC(=S)N1CC2CCC(C1)O2. The van der Waals surface area contributed by atoms with Crippen molar-refractivity contribution in [1.29, 1.82) is 0 Å². The molecule has 3 unspecified atom stereocenters.